The number of hydrogen-bond donors (Lipinski definition) is 0. The molecular weight excluding hydrogens is 184 g/mol. The van der Waals surface area contributed by atoms with Gasteiger partial charge in [-0.15, -0.1) is 0 Å². The number of hydrogen-bond acceptors (Lipinski definition) is 4. The molecule has 14 heavy (non-hydrogen) atoms. The summed E-state index contributed by atoms with van der Waals surface area (Å²) < 4.78 is 14.6. The first-order valence-corrected chi connectivity index (χ1v) is 4.49. The minimum Gasteiger partial charge on any atom is -0.459 e. The molecule has 80 valence electrons. The van der Waals surface area contributed by atoms with Gasteiger partial charge in [0.25, 0.3) is 0 Å². The van der Waals surface area contributed by atoms with Gasteiger partial charge < -0.3 is 14.2 Å². The topological polar surface area (TPSA) is 44.8 Å². The molecule has 0 spiro atoms. The maximum Gasteiger partial charge on any atom is 0.384 e. The zero-order valence-electron chi connectivity index (χ0n) is 8.83. The zero-order chi connectivity index (χ0) is 10.8. The van der Waals surface area contributed by atoms with Crippen molar-refractivity contribution in [2.75, 3.05) is 26.9 Å². The Hall–Kier alpha value is -1.05. The van der Waals surface area contributed by atoms with Gasteiger partial charge in [-0.05, 0) is 13.8 Å². The summed E-state index contributed by atoms with van der Waals surface area (Å²) in [6.07, 6.45) is -0.283. The highest BCUT2D eigenvalue weighted by molar-refractivity contribution is 5.88. The molecule has 0 aromatic rings. The van der Waals surface area contributed by atoms with Crippen molar-refractivity contribution in [3.8, 4) is 11.8 Å². The summed E-state index contributed by atoms with van der Waals surface area (Å²) in [5.74, 6) is 4.35. The first-order chi connectivity index (χ1) is 6.70. The van der Waals surface area contributed by atoms with Crippen molar-refractivity contribution in [1.82, 2.24) is 0 Å². The van der Waals surface area contributed by atoms with Crippen LogP contribution in [-0.4, -0.2) is 39.0 Å². The summed E-state index contributed by atoms with van der Waals surface area (Å²) in [7, 11) is 1.29. The normalized spacial score (nSPS) is 11.4. The summed E-state index contributed by atoms with van der Waals surface area (Å²) >= 11 is 0. The van der Waals surface area contributed by atoms with E-state index in [1.165, 1.54) is 7.11 Å². The summed E-state index contributed by atoms with van der Waals surface area (Å²) in [6, 6.07) is 0. The van der Waals surface area contributed by atoms with Crippen molar-refractivity contribution in [3.63, 3.8) is 0 Å². The van der Waals surface area contributed by atoms with E-state index < -0.39 is 5.97 Å². The molecule has 0 saturated heterocycles. The molecule has 0 fully saturated rings. The molecule has 0 aromatic carbocycles. The Kier molecular flexibility index (Phi) is 7.90. The molecule has 1 unspecified atom stereocenters. The van der Waals surface area contributed by atoms with Crippen molar-refractivity contribution in [2.45, 2.75) is 20.0 Å². The Morgan fingerprint density at radius 2 is 2.14 bits per heavy atom. The van der Waals surface area contributed by atoms with Crippen LogP contribution in [0.5, 0.6) is 0 Å². The first-order valence-electron chi connectivity index (χ1n) is 4.49. The maximum absolute atomic E-state index is 10.6. The third-order valence-corrected chi connectivity index (χ3v) is 1.36. The van der Waals surface area contributed by atoms with Gasteiger partial charge in [0.15, 0.2) is 0 Å². The van der Waals surface area contributed by atoms with Crippen molar-refractivity contribution in [3.05, 3.63) is 0 Å². The van der Waals surface area contributed by atoms with Crippen molar-refractivity contribution in [1.29, 1.82) is 0 Å². The Morgan fingerprint density at radius 3 is 2.71 bits per heavy atom. The van der Waals surface area contributed by atoms with Crippen LogP contribution in [0, 0.1) is 11.8 Å². The second-order valence-electron chi connectivity index (χ2n) is 2.47. The lowest BCUT2D eigenvalue weighted by atomic mass is 10.4. The van der Waals surface area contributed by atoms with E-state index >= 15 is 0 Å². The monoisotopic (exact) mass is 200 g/mol. The van der Waals surface area contributed by atoms with Crippen LogP contribution in [0.15, 0.2) is 0 Å². The highest BCUT2D eigenvalue weighted by Gasteiger charge is 1.97. The average molecular weight is 200 g/mol. The molecule has 0 aromatic heterocycles. The summed E-state index contributed by atoms with van der Waals surface area (Å²) in [5, 5.41) is 0. The lowest BCUT2D eigenvalue weighted by molar-refractivity contribution is -0.133. The van der Waals surface area contributed by atoms with E-state index in [2.05, 4.69) is 16.6 Å². The van der Waals surface area contributed by atoms with Gasteiger partial charge in [0.1, 0.15) is 6.10 Å². The van der Waals surface area contributed by atoms with Crippen molar-refractivity contribution in [2.24, 2.45) is 0 Å². The van der Waals surface area contributed by atoms with Crippen LogP contribution in [-0.2, 0) is 19.0 Å². The SMILES string of the molecule is CCOCCOC(C)C#CC(=O)OC. The standard InChI is InChI=1S/C10H16O4/c1-4-13-7-8-14-9(2)5-6-10(11)12-3/h9H,4,7-8H2,1-3H3. The molecule has 0 saturated carbocycles. The zero-order valence-corrected chi connectivity index (χ0v) is 8.83. The van der Waals surface area contributed by atoms with Gasteiger partial charge >= 0.3 is 5.97 Å². The lowest BCUT2D eigenvalue weighted by Crippen LogP contribution is -2.11. The third kappa shape index (κ3) is 7.59. The number of methoxy groups -OCH3 is 1. The van der Waals surface area contributed by atoms with Crippen LogP contribution < -0.4 is 0 Å². The van der Waals surface area contributed by atoms with E-state index in [-0.39, 0.29) is 6.10 Å². The quantitative estimate of drug-likeness (QED) is 0.282. The fourth-order valence-corrected chi connectivity index (χ4v) is 0.681. The number of rotatable bonds is 5. The lowest BCUT2D eigenvalue weighted by Gasteiger charge is -2.05. The van der Waals surface area contributed by atoms with Crippen LogP contribution in [0.3, 0.4) is 0 Å². The smallest absolute Gasteiger partial charge is 0.384 e. The van der Waals surface area contributed by atoms with Gasteiger partial charge in [-0.25, -0.2) is 4.79 Å². The second-order valence-corrected chi connectivity index (χ2v) is 2.47. The van der Waals surface area contributed by atoms with Crippen molar-refractivity contribution < 1.29 is 19.0 Å². The molecule has 0 heterocycles. The second kappa shape index (κ2) is 8.54. The highest BCUT2D eigenvalue weighted by atomic mass is 16.5. The number of carbonyl (C=O) groups is 1. The summed E-state index contributed by atoms with van der Waals surface area (Å²) in [4.78, 5) is 10.6. The van der Waals surface area contributed by atoms with Crippen LogP contribution in [0.1, 0.15) is 13.8 Å². The molecule has 4 nitrogen and oxygen atoms in total. The summed E-state index contributed by atoms with van der Waals surface area (Å²) in [6.45, 7) is 5.37. The van der Waals surface area contributed by atoms with Gasteiger partial charge in [-0.1, -0.05) is 5.92 Å². The van der Waals surface area contributed by atoms with Crippen LogP contribution in [0.4, 0.5) is 0 Å². The molecule has 0 amide bonds. The molecule has 0 rings (SSSR count). The van der Waals surface area contributed by atoms with Gasteiger partial charge in [0.2, 0.25) is 0 Å². The predicted molar refractivity (Wildman–Crippen MR) is 51.7 cm³/mol. The van der Waals surface area contributed by atoms with E-state index in [9.17, 15) is 4.79 Å². The number of esters is 1. The number of ether oxygens (including phenoxy) is 3. The van der Waals surface area contributed by atoms with Crippen molar-refractivity contribution >= 4 is 5.97 Å². The van der Waals surface area contributed by atoms with E-state index in [1.54, 1.807) is 6.92 Å². The minimum absolute atomic E-state index is 0.283. The van der Waals surface area contributed by atoms with Crippen LogP contribution in [0.25, 0.3) is 0 Å². The Balaban J connectivity index is 3.57. The van der Waals surface area contributed by atoms with Crippen LogP contribution >= 0.6 is 0 Å². The largest absolute Gasteiger partial charge is 0.459 e. The van der Waals surface area contributed by atoms with E-state index in [1.807, 2.05) is 6.92 Å². The molecule has 0 aliphatic heterocycles. The molecule has 0 aliphatic rings. The van der Waals surface area contributed by atoms with Gasteiger partial charge in [-0.3, -0.25) is 0 Å². The first kappa shape index (κ1) is 12.9. The van der Waals surface area contributed by atoms with Gasteiger partial charge in [0.05, 0.1) is 20.3 Å². The van der Waals surface area contributed by atoms with E-state index in [0.717, 1.165) is 0 Å². The summed E-state index contributed by atoms with van der Waals surface area (Å²) in [5.41, 5.74) is 0. The van der Waals surface area contributed by atoms with Crippen LogP contribution in [0.2, 0.25) is 0 Å². The Morgan fingerprint density at radius 1 is 1.43 bits per heavy atom. The average Bonchev–Trinajstić information content (AvgIpc) is 2.21. The molecule has 4 heteroatoms. The predicted octanol–water partition coefficient (Wildman–Crippen LogP) is 0.604. The molecular formula is C10H16O4. The Bertz CT molecular complexity index is 214. The van der Waals surface area contributed by atoms with E-state index in [4.69, 9.17) is 9.47 Å². The Labute approximate surface area is 84.5 Å². The number of carbonyl (C=O) groups excluding carboxylic acids is 1. The van der Waals surface area contributed by atoms with Gasteiger partial charge in [-0.2, -0.15) is 0 Å². The molecule has 0 N–H and O–H groups in total. The fourth-order valence-electron chi connectivity index (χ4n) is 0.681. The molecule has 0 aliphatic carbocycles. The molecule has 0 bridgehead atoms. The highest BCUT2D eigenvalue weighted by Crippen LogP contribution is 1.88. The minimum atomic E-state index is -0.551. The maximum atomic E-state index is 10.6. The third-order valence-electron chi connectivity index (χ3n) is 1.36. The molecule has 1 atom stereocenters. The van der Waals surface area contributed by atoms with Gasteiger partial charge in [0, 0.05) is 12.5 Å². The fraction of sp³-hybridized carbons (Fsp3) is 0.700. The van der Waals surface area contributed by atoms with E-state index in [0.29, 0.717) is 19.8 Å². The molecule has 0 radical (unpaired) electrons.